The van der Waals surface area contributed by atoms with E-state index < -0.39 is 0 Å². The van der Waals surface area contributed by atoms with Gasteiger partial charge in [-0.05, 0) is 0 Å². The van der Waals surface area contributed by atoms with Crippen LogP contribution >= 0.6 is 11.8 Å². The monoisotopic (exact) mass is 153 g/mol. The molecule has 1 heterocycles. The number of nitrogens with zero attached hydrogens (tertiary/aromatic N) is 3. The lowest BCUT2D eigenvalue weighted by Crippen LogP contribution is -1.88. The topological polar surface area (TPSA) is 30.7 Å². The molecule has 1 rings (SSSR count). The summed E-state index contributed by atoms with van der Waals surface area (Å²) in [6, 6.07) is 0. The average molecular weight is 153 g/mol. The van der Waals surface area contributed by atoms with E-state index in [1.807, 2.05) is 11.6 Å². The first-order valence-electron chi connectivity index (χ1n) is 2.75. The first-order chi connectivity index (χ1) is 4.84. The van der Waals surface area contributed by atoms with Gasteiger partial charge < -0.3 is 4.57 Å². The van der Waals surface area contributed by atoms with Crippen molar-refractivity contribution in [3.63, 3.8) is 0 Å². The van der Waals surface area contributed by atoms with Crippen LogP contribution in [0, 0.1) is 12.3 Å². The quantitative estimate of drug-likeness (QED) is 0.459. The van der Waals surface area contributed by atoms with Crippen molar-refractivity contribution < 1.29 is 0 Å². The molecule has 0 aliphatic heterocycles. The van der Waals surface area contributed by atoms with Gasteiger partial charge in [-0.15, -0.1) is 16.6 Å². The zero-order valence-electron chi connectivity index (χ0n) is 5.61. The molecule has 0 aliphatic rings. The van der Waals surface area contributed by atoms with Crippen LogP contribution in [-0.4, -0.2) is 20.5 Å². The average Bonchev–Trinajstić information content (AvgIpc) is 2.31. The van der Waals surface area contributed by atoms with E-state index in [1.165, 1.54) is 11.8 Å². The molecule has 0 amide bonds. The minimum absolute atomic E-state index is 0.645. The molecule has 0 saturated carbocycles. The van der Waals surface area contributed by atoms with Crippen molar-refractivity contribution in [2.75, 3.05) is 5.75 Å². The Bertz CT molecular complexity index is 248. The number of hydrogen-bond donors (Lipinski definition) is 0. The predicted molar refractivity (Wildman–Crippen MR) is 40.6 cm³/mol. The van der Waals surface area contributed by atoms with Crippen LogP contribution in [0.5, 0.6) is 0 Å². The van der Waals surface area contributed by atoms with Gasteiger partial charge in [0.2, 0.25) is 0 Å². The van der Waals surface area contributed by atoms with E-state index in [2.05, 4.69) is 16.1 Å². The molecule has 0 fully saturated rings. The Morgan fingerprint density at radius 2 is 2.70 bits per heavy atom. The minimum Gasteiger partial charge on any atom is -0.312 e. The third kappa shape index (κ3) is 1.52. The fraction of sp³-hybridized carbons (Fsp3) is 0.333. The van der Waals surface area contributed by atoms with Gasteiger partial charge in [0.15, 0.2) is 5.16 Å². The normalized spacial score (nSPS) is 9.20. The third-order valence-corrected chi connectivity index (χ3v) is 1.89. The van der Waals surface area contributed by atoms with Gasteiger partial charge in [0.1, 0.15) is 6.33 Å². The second kappa shape index (κ2) is 3.28. The van der Waals surface area contributed by atoms with E-state index in [0.717, 1.165) is 5.16 Å². The number of aryl methyl sites for hydroxylation is 1. The van der Waals surface area contributed by atoms with E-state index >= 15 is 0 Å². The molecule has 10 heavy (non-hydrogen) atoms. The van der Waals surface area contributed by atoms with Crippen LogP contribution in [0.2, 0.25) is 0 Å². The highest BCUT2D eigenvalue weighted by Crippen LogP contribution is 2.11. The zero-order valence-corrected chi connectivity index (χ0v) is 6.43. The largest absolute Gasteiger partial charge is 0.312 e. The molecule has 0 aromatic carbocycles. The third-order valence-electron chi connectivity index (χ3n) is 0.954. The van der Waals surface area contributed by atoms with Crippen LogP contribution < -0.4 is 0 Å². The molecule has 0 bridgehead atoms. The van der Waals surface area contributed by atoms with Crippen LogP contribution in [0.3, 0.4) is 0 Å². The lowest BCUT2D eigenvalue weighted by molar-refractivity contribution is 0.789. The molecule has 52 valence electrons. The van der Waals surface area contributed by atoms with Crippen LogP contribution in [0.25, 0.3) is 0 Å². The standard InChI is InChI=1S/C6H7N3S/c1-3-4-10-6-8-7-5-9(6)2/h1,5H,4H2,2H3. The van der Waals surface area contributed by atoms with E-state index in [9.17, 15) is 0 Å². The van der Waals surface area contributed by atoms with Gasteiger partial charge >= 0.3 is 0 Å². The molecule has 1 aromatic heterocycles. The lowest BCUT2D eigenvalue weighted by Gasteiger charge is -1.93. The van der Waals surface area contributed by atoms with Crippen molar-refractivity contribution in [1.82, 2.24) is 14.8 Å². The summed E-state index contributed by atoms with van der Waals surface area (Å²) in [5, 5.41) is 8.39. The molecule has 4 heteroatoms. The highest BCUT2D eigenvalue weighted by molar-refractivity contribution is 7.99. The van der Waals surface area contributed by atoms with E-state index in [-0.39, 0.29) is 0 Å². The molecule has 0 atom stereocenters. The van der Waals surface area contributed by atoms with E-state index in [1.54, 1.807) is 6.33 Å². The molecule has 0 saturated heterocycles. The molecule has 0 spiro atoms. The Kier molecular flexibility index (Phi) is 2.35. The number of rotatable bonds is 2. The number of thioether (sulfide) groups is 1. The Balaban J connectivity index is 2.59. The molecule has 0 aliphatic carbocycles. The summed E-state index contributed by atoms with van der Waals surface area (Å²) >= 11 is 1.51. The summed E-state index contributed by atoms with van der Waals surface area (Å²) in [4.78, 5) is 0. The first-order valence-corrected chi connectivity index (χ1v) is 3.73. The summed E-state index contributed by atoms with van der Waals surface area (Å²) in [7, 11) is 1.89. The summed E-state index contributed by atoms with van der Waals surface area (Å²) in [6.45, 7) is 0. The van der Waals surface area contributed by atoms with Crippen LogP contribution in [0.1, 0.15) is 0 Å². The Morgan fingerprint density at radius 1 is 1.90 bits per heavy atom. The van der Waals surface area contributed by atoms with Crippen molar-refractivity contribution in [3.8, 4) is 12.3 Å². The smallest absolute Gasteiger partial charge is 0.191 e. The summed E-state index contributed by atoms with van der Waals surface area (Å²) in [6.07, 6.45) is 6.72. The number of terminal acetylenes is 1. The Morgan fingerprint density at radius 3 is 3.20 bits per heavy atom. The van der Waals surface area contributed by atoms with Crippen molar-refractivity contribution in [2.24, 2.45) is 7.05 Å². The van der Waals surface area contributed by atoms with Gasteiger partial charge in [0.25, 0.3) is 0 Å². The van der Waals surface area contributed by atoms with Gasteiger partial charge in [-0.3, -0.25) is 0 Å². The van der Waals surface area contributed by atoms with Crippen molar-refractivity contribution in [3.05, 3.63) is 6.33 Å². The highest BCUT2D eigenvalue weighted by Gasteiger charge is 1.97. The van der Waals surface area contributed by atoms with Gasteiger partial charge in [-0.2, -0.15) is 0 Å². The molecule has 0 radical (unpaired) electrons. The maximum Gasteiger partial charge on any atom is 0.191 e. The molecule has 0 N–H and O–H groups in total. The summed E-state index contributed by atoms with van der Waals surface area (Å²) < 4.78 is 1.84. The van der Waals surface area contributed by atoms with Crippen molar-refractivity contribution >= 4 is 11.8 Å². The van der Waals surface area contributed by atoms with Gasteiger partial charge in [-0.25, -0.2) is 0 Å². The maximum absolute atomic E-state index is 5.07. The van der Waals surface area contributed by atoms with E-state index in [0.29, 0.717) is 5.75 Å². The Labute approximate surface area is 63.8 Å². The van der Waals surface area contributed by atoms with Crippen LogP contribution in [0.4, 0.5) is 0 Å². The number of hydrogen-bond acceptors (Lipinski definition) is 3. The molecular formula is C6H7N3S. The van der Waals surface area contributed by atoms with Gasteiger partial charge in [0.05, 0.1) is 5.75 Å². The maximum atomic E-state index is 5.07. The van der Waals surface area contributed by atoms with Crippen LogP contribution in [-0.2, 0) is 7.05 Å². The fourth-order valence-corrected chi connectivity index (χ4v) is 1.08. The molecular weight excluding hydrogens is 146 g/mol. The minimum atomic E-state index is 0.645. The molecule has 0 unspecified atom stereocenters. The molecule has 1 aromatic rings. The zero-order chi connectivity index (χ0) is 7.40. The summed E-state index contributed by atoms with van der Waals surface area (Å²) in [5.74, 6) is 3.16. The fourth-order valence-electron chi connectivity index (χ4n) is 0.510. The van der Waals surface area contributed by atoms with Crippen LogP contribution in [0.15, 0.2) is 11.5 Å². The molecule has 3 nitrogen and oxygen atoms in total. The van der Waals surface area contributed by atoms with Crippen molar-refractivity contribution in [2.45, 2.75) is 5.16 Å². The van der Waals surface area contributed by atoms with Gasteiger partial charge in [0, 0.05) is 7.05 Å². The van der Waals surface area contributed by atoms with Gasteiger partial charge in [-0.1, -0.05) is 17.7 Å². The second-order valence-electron chi connectivity index (χ2n) is 1.72. The second-order valence-corrected chi connectivity index (χ2v) is 2.66. The van der Waals surface area contributed by atoms with E-state index in [4.69, 9.17) is 6.42 Å². The summed E-state index contributed by atoms with van der Waals surface area (Å²) in [5.41, 5.74) is 0. The Hall–Kier alpha value is -0.950. The number of aromatic nitrogens is 3. The SMILES string of the molecule is C#CCSc1nncn1C. The lowest BCUT2D eigenvalue weighted by atomic mass is 10.8. The highest BCUT2D eigenvalue weighted by atomic mass is 32.2. The van der Waals surface area contributed by atoms with Crippen molar-refractivity contribution in [1.29, 1.82) is 0 Å². The first kappa shape index (κ1) is 7.16. The predicted octanol–water partition coefficient (Wildman–Crippen LogP) is 0.540.